The molecule has 0 radical (unpaired) electrons. The van der Waals surface area contributed by atoms with Crippen molar-refractivity contribution in [1.82, 2.24) is 4.90 Å². The largest absolute Gasteiger partial charge is 0.392 e. The zero-order valence-corrected chi connectivity index (χ0v) is 19.2. The van der Waals surface area contributed by atoms with Crippen LogP contribution < -0.4 is 0 Å². The average Bonchev–Trinajstić information content (AvgIpc) is 3.19. The van der Waals surface area contributed by atoms with Crippen molar-refractivity contribution in [3.63, 3.8) is 0 Å². The molecule has 1 spiro atoms. The van der Waals surface area contributed by atoms with Crippen molar-refractivity contribution in [3.8, 4) is 0 Å². The standard InChI is InChI=1S/C23H37NO8/c1-5-24-9-20(27)13(25)7-14(26)22-11-6-10-12(30-2)8-21(28,15(11)16(10)31-3)23(29,19(22)24)18(32-4)17(20)22/h10-19,25-29H,5-9H2,1-4H3. The Hall–Kier alpha value is -0.360. The van der Waals surface area contributed by atoms with E-state index in [0.29, 0.717) is 13.0 Å². The number of hydrogen-bond donors (Lipinski definition) is 5. The lowest BCUT2D eigenvalue weighted by Crippen LogP contribution is -2.83. The van der Waals surface area contributed by atoms with Gasteiger partial charge in [0, 0.05) is 63.9 Å². The molecule has 1 aliphatic heterocycles. The van der Waals surface area contributed by atoms with E-state index in [2.05, 4.69) is 0 Å². The smallest absolute Gasteiger partial charge is 0.136 e. The highest BCUT2D eigenvalue weighted by molar-refractivity contribution is 5.42. The Kier molecular flexibility index (Phi) is 4.45. The number of likely N-dealkylation sites (tertiary alicyclic amines) is 1. The van der Waals surface area contributed by atoms with Gasteiger partial charge >= 0.3 is 0 Å². The summed E-state index contributed by atoms with van der Waals surface area (Å²) in [7, 11) is 4.73. The lowest BCUT2D eigenvalue weighted by Gasteiger charge is -2.69. The van der Waals surface area contributed by atoms with Crippen molar-refractivity contribution in [2.75, 3.05) is 34.4 Å². The number of ether oxygens (including phenoxy) is 3. The number of nitrogens with zero attached hydrogens (tertiary/aromatic N) is 1. The van der Waals surface area contributed by atoms with E-state index in [0.717, 1.165) is 0 Å². The second-order valence-electron chi connectivity index (χ2n) is 11.3. The van der Waals surface area contributed by atoms with E-state index in [1.165, 1.54) is 7.11 Å². The third kappa shape index (κ3) is 1.92. The molecule has 0 aromatic rings. The van der Waals surface area contributed by atoms with Crippen LogP contribution >= 0.6 is 0 Å². The molecule has 14 unspecified atom stereocenters. The van der Waals surface area contributed by atoms with E-state index in [-0.39, 0.29) is 43.4 Å². The fourth-order valence-electron chi connectivity index (χ4n) is 10.3. The van der Waals surface area contributed by atoms with Crippen LogP contribution in [0.25, 0.3) is 0 Å². The van der Waals surface area contributed by atoms with Gasteiger partial charge in [-0.15, -0.1) is 0 Å². The molecule has 6 fully saturated rings. The molecule has 32 heavy (non-hydrogen) atoms. The highest BCUT2D eigenvalue weighted by Crippen LogP contribution is 2.78. The van der Waals surface area contributed by atoms with Crippen molar-refractivity contribution >= 4 is 0 Å². The maximum Gasteiger partial charge on any atom is 0.136 e. The van der Waals surface area contributed by atoms with Crippen LogP contribution in [0.1, 0.15) is 26.2 Å². The SMILES string of the molecule is CCN1CC2(O)C(O)CC(O)C34C5CC6C(OC)CC(O)(C5C6OC)C(O)(C(OC)C23)C14. The van der Waals surface area contributed by atoms with Gasteiger partial charge in [-0.3, -0.25) is 4.90 Å². The van der Waals surface area contributed by atoms with Gasteiger partial charge in [0.1, 0.15) is 16.8 Å². The van der Waals surface area contributed by atoms with E-state index in [1.54, 1.807) is 14.2 Å². The second-order valence-corrected chi connectivity index (χ2v) is 11.3. The Morgan fingerprint density at radius 1 is 0.969 bits per heavy atom. The third-order valence-electron chi connectivity index (χ3n) is 11.0. The molecule has 1 saturated heterocycles. The summed E-state index contributed by atoms with van der Waals surface area (Å²) in [5.74, 6) is -1.35. The normalized spacial score (nSPS) is 64.8. The minimum absolute atomic E-state index is 0.0153. The lowest BCUT2D eigenvalue weighted by atomic mass is 9.44. The first-order chi connectivity index (χ1) is 15.1. The maximum absolute atomic E-state index is 12.7. The van der Waals surface area contributed by atoms with Crippen LogP contribution in [0.15, 0.2) is 0 Å². The summed E-state index contributed by atoms with van der Waals surface area (Å²) in [6.45, 7) is 2.60. The highest BCUT2D eigenvalue weighted by atomic mass is 16.5. The minimum atomic E-state index is -1.78. The molecular formula is C23H37NO8. The van der Waals surface area contributed by atoms with Crippen LogP contribution in [0.3, 0.4) is 0 Å². The highest BCUT2D eigenvalue weighted by Gasteiger charge is 2.92. The van der Waals surface area contributed by atoms with Crippen LogP contribution in [0.2, 0.25) is 0 Å². The van der Waals surface area contributed by atoms with Crippen molar-refractivity contribution < 1.29 is 39.7 Å². The van der Waals surface area contributed by atoms with E-state index in [1.807, 2.05) is 11.8 Å². The van der Waals surface area contributed by atoms with Gasteiger partial charge in [-0.2, -0.15) is 0 Å². The molecule has 0 aromatic carbocycles. The average molecular weight is 456 g/mol. The van der Waals surface area contributed by atoms with Gasteiger partial charge in [0.2, 0.25) is 0 Å². The summed E-state index contributed by atoms with van der Waals surface area (Å²) in [6, 6.07) is -0.615. The molecule has 0 aromatic heterocycles. The number of piperidine rings is 1. The maximum atomic E-state index is 12.7. The molecule has 182 valence electrons. The molecule has 1 heterocycles. The Morgan fingerprint density at radius 3 is 2.28 bits per heavy atom. The quantitative estimate of drug-likeness (QED) is 0.338. The first kappa shape index (κ1) is 22.1. The molecule has 0 amide bonds. The molecule has 14 atom stereocenters. The Balaban J connectivity index is 1.68. The zero-order chi connectivity index (χ0) is 23.0. The fraction of sp³-hybridized carbons (Fsp3) is 1.00. The van der Waals surface area contributed by atoms with E-state index in [9.17, 15) is 25.5 Å². The van der Waals surface area contributed by atoms with Gasteiger partial charge in [0.05, 0.1) is 36.6 Å². The predicted octanol–water partition coefficient (Wildman–Crippen LogP) is -1.66. The minimum Gasteiger partial charge on any atom is -0.392 e. The Bertz CT molecular complexity index is 815. The lowest BCUT2D eigenvalue weighted by molar-refractivity contribution is -0.329. The topological polar surface area (TPSA) is 132 Å². The summed E-state index contributed by atoms with van der Waals surface area (Å²) in [6.07, 6.45) is -2.79. The summed E-state index contributed by atoms with van der Waals surface area (Å²) in [4.78, 5) is 1.96. The molecule has 6 rings (SSSR count). The molecule has 5 saturated carbocycles. The number of hydrogen-bond acceptors (Lipinski definition) is 9. The number of likely N-dealkylation sites (N-methyl/N-ethyl adjacent to an activating group) is 1. The molecule has 7 bridgehead atoms. The number of rotatable bonds is 4. The van der Waals surface area contributed by atoms with Gasteiger partial charge in [-0.25, -0.2) is 0 Å². The van der Waals surface area contributed by atoms with Crippen LogP contribution in [-0.4, -0.2) is 118 Å². The number of β-amino-alcohol motifs (C(OH)–C–C–N with tert-alkyl or cyclic N) is 1. The van der Waals surface area contributed by atoms with Gasteiger partial charge in [0.25, 0.3) is 0 Å². The van der Waals surface area contributed by atoms with Crippen molar-refractivity contribution in [2.45, 2.75) is 79.6 Å². The van der Waals surface area contributed by atoms with Crippen molar-refractivity contribution in [3.05, 3.63) is 0 Å². The van der Waals surface area contributed by atoms with Gasteiger partial charge in [0.15, 0.2) is 0 Å². The monoisotopic (exact) mass is 455 g/mol. The van der Waals surface area contributed by atoms with Gasteiger partial charge in [-0.05, 0) is 18.9 Å². The number of aliphatic hydroxyl groups is 5. The first-order valence-corrected chi connectivity index (χ1v) is 12.0. The third-order valence-corrected chi connectivity index (χ3v) is 11.0. The summed E-state index contributed by atoms with van der Waals surface area (Å²) >= 11 is 0. The molecule has 5 N–H and O–H groups in total. The number of methoxy groups -OCH3 is 3. The van der Waals surface area contributed by atoms with Gasteiger partial charge < -0.3 is 39.7 Å². The van der Waals surface area contributed by atoms with E-state index < -0.39 is 58.4 Å². The summed E-state index contributed by atoms with van der Waals surface area (Å²) in [5, 5.41) is 60.0. The van der Waals surface area contributed by atoms with Crippen molar-refractivity contribution in [1.29, 1.82) is 0 Å². The predicted molar refractivity (Wildman–Crippen MR) is 111 cm³/mol. The second kappa shape index (κ2) is 6.44. The molecule has 5 aliphatic carbocycles. The van der Waals surface area contributed by atoms with E-state index in [4.69, 9.17) is 14.2 Å². The summed E-state index contributed by atoms with van der Waals surface area (Å²) < 4.78 is 17.7. The fourth-order valence-corrected chi connectivity index (χ4v) is 10.3. The van der Waals surface area contributed by atoms with E-state index >= 15 is 0 Å². The van der Waals surface area contributed by atoms with Crippen LogP contribution in [0.5, 0.6) is 0 Å². The number of aliphatic hydroxyl groups excluding tert-OH is 2. The first-order valence-electron chi connectivity index (χ1n) is 12.0. The molecule has 9 heteroatoms. The molecular weight excluding hydrogens is 418 g/mol. The van der Waals surface area contributed by atoms with Gasteiger partial charge in [-0.1, -0.05) is 6.92 Å². The molecule has 9 nitrogen and oxygen atoms in total. The molecule has 6 aliphatic rings. The van der Waals surface area contributed by atoms with Crippen LogP contribution in [0.4, 0.5) is 0 Å². The van der Waals surface area contributed by atoms with Crippen LogP contribution in [-0.2, 0) is 14.2 Å². The van der Waals surface area contributed by atoms with Crippen molar-refractivity contribution in [2.24, 2.45) is 29.1 Å². The zero-order valence-electron chi connectivity index (χ0n) is 19.2. The van der Waals surface area contributed by atoms with Crippen LogP contribution in [0, 0.1) is 29.1 Å². The summed E-state index contributed by atoms with van der Waals surface area (Å²) in [5.41, 5.74) is -5.87. The Morgan fingerprint density at radius 2 is 1.69 bits per heavy atom. The number of fused-ring (bicyclic) bond motifs is 2. The Labute approximate surface area is 188 Å².